The third-order valence-electron chi connectivity index (χ3n) is 4.34. The minimum atomic E-state index is -1.28. The van der Waals surface area contributed by atoms with E-state index in [4.69, 9.17) is 27.8 Å². The molecule has 0 aromatic rings. The Morgan fingerprint density at radius 3 is 2.52 bits per heavy atom. The first-order valence-electron chi connectivity index (χ1n) is 8.46. The largest absolute Gasteiger partial charge is 0.382 e. The molecule has 0 aromatic carbocycles. The Hall–Kier alpha value is -0.240. The van der Waals surface area contributed by atoms with E-state index in [-0.39, 0.29) is 18.8 Å². The molecule has 1 aliphatic rings. The van der Waals surface area contributed by atoms with Crippen molar-refractivity contribution in [2.24, 2.45) is 17.8 Å². The van der Waals surface area contributed by atoms with E-state index in [1.54, 1.807) is 0 Å². The van der Waals surface area contributed by atoms with Gasteiger partial charge in [-0.05, 0) is 17.8 Å². The molecule has 1 aliphatic heterocycles. The normalized spacial score (nSPS) is 37.2. The maximum Gasteiger partial charge on any atom is 0.238 e. The van der Waals surface area contributed by atoms with E-state index in [9.17, 15) is 0 Å². The summed E-state index contributed by atoms with van der Waals surface area (Å²) in [7, 11) is -2.29. The zero-order valence-electron chi connectivity index (χ0n) is 15.3. The fourth-order valence-electron chi connectivity index (χ4n) is 2.54. The summed E-state index contributed by atoms with van der Waals surface area (Å²) in [5.41, 5.74) is 0. The van der Waals surface area contributed by atoms with E-state index in [1.807, 2.05) is 6.66 Å². The molecule has 7 atom stereocenters. The minimum absolute atomic E-state index is 0.0564. The Labute approximate surface area is 132 Å². The van der Waals surface area contributed by atoms with Crippen LogP contribution in [0.15, 0.2) is 0 Å². The molecule has 1 saturated heterocycles. The molecule has 0 radical (unpaired) electrons. The standard InChI is InChI=1S/C15H28NO4P/c1-11-12(2)14(9-17-5)20-15(13(11)3)10-19-21(6)18-8-7-16-4/h11-15H,7-10H2,1-3,5-6H3/t11-,12-,13+,14?,15-,21?/m0/s1/i5TD/t5?,11-,12-,13+,14?,15-,21?. The molecule has 0 N–H and O–H groups in total. The predicted octanol–water partition coefficient (Wildman–Crippen LogP) is 3.20. The number of ether oxygens (including phenoxy) is 2. The van der Waals surface area contributed by atoms with Gasteiger partial charge in [-0.3, -0.25) is 0 Å². The van der Waals surface area contributed by atoms with Crippen molar-refractivity contribution >= 4 is 8.38 Å². The third-order valence-corrected chi connectivity index (χ3v) is 5.40. The number of hydrogen-bond acceptors (Lipinski definition) is 4. The predicted molar refractivity (Wildman–Crippen MR) is 84.2 cm³/mol. The zero-order chi connectivity index (χ0) is 17.4. The van der Waals surface area contributed by atoms with Gasteiger partial charge in [0.15, 0.2) is 8.38 Å². The molecular formula is C15H28NO4P. The van der Waals surface area contributed by atoms with Gasteiger partial charge in [0.25, 0.3) is 0 Å². The van der Waals surface area contributed by atoms with Crippen molar-refractivity contribution in [3.05, 3.63) is 11.4 Å². The molecule has 6 heteroatoms. The second kappa shape index (κ2) is 9.71. The summed E-state index contributed by atoms with van der Waals surface area (Å²) < 4.78 is 36.7. The van der Waals surface area contributed by atoms with Crippen LogP contribution in [0.4, 0.5) is 0 Å². The second-order valence-corrected chi connectivity index (χ2v) is 6.97. The van der Waals surface area contributed by atoms with Crippen molar-refractivity contribution in [2.45, 2.75) is 33.0 Å². The lowest BCUT2D eigenvalue weighted by Gasteiger charge is -2.43. The van der Waals surface area contributed by atoms with Gasteiger partial charge in [0, 0.05) is 13.7 Å². The summed E-state index contributed by atoms with van der Waals surface area (Å²) in [6.45, 7) is 16.5. The Bertz CT molecular complexity index is 383. The van der Waals surface area contributed by atoms with Crippen LogP contribution in [0.5, 0.6) is 0 Å². The first-order valence-corrected chi connectivity index (χ1v) is 8.93. The highest BCUT2D eigenvalue weighted by molar-refractivity contribution is 7.46. The van der Waals surface area contributed by atoms with Crippen LogP contribution in [-0.2, 0) is 18.5 Å². The molecule has 0 saturated carbocycles. The maximum atomic E-state index is 7.15. The van der Waals surface area contributed by atoms with Crippen molar-refractivity contribution in [1.29, 1.82) is 0 Å². The van der Waals surface area contributed by atoms with Crippen LogP contribution in [0.3, 0.4) is 0 Å². The van der Waals surface area contributed by atoms with Crippen LogP contribution < -0.4 is 0 Å². The molecule has 0 spiro atoms. The summed E-state index contributed by atoms with van der Waals surface area (Å²) >= 11 is 0. The Kier molecular flexibility index (Phi) is 7.24. The van der Waals surface area contributed by atoms with Crippen molar-refractivity contribution in [3.63, 3.8) is 0 Å². The molecule has 0 bridgehead atoms. The van der Waals surface area contributed by atoms with Crippen LogP contribution in [0, 0.1) is 24.3 Å². The lowest BCUT2D eigenvalue weighted by Crippen LogP contribution is -2.48. The van der Waals surface area contributed by atoms with Gasteiger partial charge in [0.05, 0.1) is 28.2 Å². The van der Waals surface area contributed by atoms with Gasteiger partial charge >= 0.3 is 0 Å². The SMILES string of the molecule is [2H]C([3H])OCC1O[C@@H](COP(C)OCC[N+]#[C-])[C@H](C)[C@@H](C)[C@@H]1C. The molecule has 3 unspecified atom stereocenters. The van der Waals surface area contributed by atoms with Crippen molar-refractivity contribution in [2.75, 3.05) is 40.1 Å². The van der Waals surface area contributed by atoms with Gasteiger partial charge in [-0.25, -0.2) is 6.57 Å². The lowest BCUT2D eigenvalue weighted by atomic mass is 9.77. The number of hydrogen-bond donors (Lipinski definition) is 0. The first-order chi connectivity index (χ1) is 10.9. The van der Waals surface area contributed by atoms with Crippen LogP contribution >= 0.6 is 8.38 Å². The van der Waals surface area contributed by atoms with Gasteiger partial charge in [-0.2, -0.15) is 0 Å². The summed E-state index contributed by atoms with van der Waals surface area (Å²) in [6.07, 6.45) is -0.182. The first kappa shape index (κ1) is 15.6. The van der Waals surface area contributed by atoms with E-state index in [0.29, 0.717) is 37.5 Å². The topological polar surface area (TPSA) is 41.3 Å². The third kappa shape index (κ3) is 5.81. The highest BCUT2D eigenvalue weighted by Crippen LogP contribution is 2.38. The van der Waals surface area contributed by atoms with E-state index >= 15 is 0 Å². The van der Waals surface area contributed by atoms with Gasteiger partial charge in [0.1, 0.15) is 6.61 Å². The molecule has 0 amide bonds. The number of methoxy groups -OCH3 is 1. The number of nitrogens with zero attached hydrogens (tertiary/aromatic N) is 1. The van der Waals surface area contributed by atoms with Crippen LogP contribution in [-0.4, -0.2) is 52.3 Å². The molecule has 5 nitrogen and oxygen atoms in total. The molecule has 1 rings (SSSR count). The Morgan fingerprint density at radius 1 is 1.24 bits per heavy atom. The van der Waals surface area contributed by atoms with Crippen LogP contribution in [0.1, 0.15) is 23.5 Å². The number of rotatable bonds is 8. The molecule has 122 valence electrons. The van der Waals surface area contributed by atoms with E-state index in [1.165, 1.54) is 0 Å². The van der Waals surface area contributed by atoms with E-state index < -0.39 is 15.4 Å². The summed E-state index contributed by atoms with van der Waals surface area (Å²) in [5, 5.41) is 0. The maximum absolute atomic E-state index is 7.15. The van der Waals surface area contributed by atoms with Crippen LogP contribution in [0.25, 0.3) is 4.85 Å². The fourth-order valence-corrected chi connectivity index (χ4v) is 3.31. The fraction of sp³-hybridized carbons (Fsp3) is 0.933. The average molecular weight is 320 g/mol. The Balaban J connectivity index is 2.47. The molecule has 0 aliphatic carbocycles. The van der Waals surface area contributed by atoms with Crippen molar-refractivity contribution in [3.8, 4) is 0 Å². The molecule has 21 heavy (non-hydrogen) atoms. The monoisotopic (exact) mass is 320 g/mol. The smallest absolute Gasteiger partial charge is 0.238 e. The minimum Gasteiger partial charge on any atom is -0.382 e. The molecule has 0 aromatic heterocycles. The average Bonchev–Trinajstić information content (AvgIpc) is 2.51. The van der Waals surface area contributed by atoms with Crippen molar-refractivity contribution in [1.82, 2.24) is 0 Å². The van der Waals surface area contributed by atoms with Gasteiger partial charge in [-0.15, -0.1) is 0 Å². The summed E-state index contributed by atoms with van der Waals surface area (Å²) in [6, 6.07) is 0. The van der Waals surface area contributed by atoms with Crippen molar-refractivity contribution < 1.29 is 21.3 Å². The van der Waals surface area contributed by atoms with Gasteiger partial charge < -0.3 is 23.4 Å². The molecular weight excluding hydrogens is 289 g/mol. The summed E-state index contributed by atoms with van der Waals surface area (Å²) in [5.74, 6) is 1.08. The van der Waals surface area contributed by atoms with E-state index in [0.717, 1.165) is 0 Å². The highest BCUT2D eigenvalue weighted by Gasteiger charge is 2.39. The van der Waals surface area contributed by atoms with Crippen LogP contribution in [0.2, 0.25) is 0 Å². The van der Waals surface area contributed by atoms with Gasteiger partial charge in [-0.1, -0.05) is 20.8 Å². The quantitative estimate of drug-likeness (QED) is 0.391. The zero-order valence-corrected chi connectivity index (χ0v) is 14.2. The summed E-state index contributed by atoms with van der Waals surface area (Å²) in [4.78, 5) is 3.24. The molecule has 1 fully saturated rings. The van der Waals surface area contributed by atoms with Gasteiger partial charge in [0.2, 0.25) is 6.54 Å². The molecule has 1 heterocycles. The lowest BCUT2D eigenvalue weighted by molar-refractivity contribution is -0.160. The second-order valence-electron chi connectivity index (χ2n) is 5.57. The van der Waals surface area contributed by atoms with E-state index in [2.05, 4.69) is 25.6 Å². The highest BCUT2D eigenvalue weighted by atomic mass is 31.2. The Morgan fingerprint density at radius 2 is 1.90 bits per heavy atom.